The van der Waals surface area contributed by atoms with Crippen LogP contribution >= 0.6 is 11.3 Å². The van der Waals surface area contributed by atoms with Gasteiger partial charge < -0.3 is 10.7 Å². The van der Waals surface area contributed by atoms with Gasteiger partial charge in [0, 0.05) is 11.1 Å². The molecule has 0 fully saturated rings. The molecule has 0 saturated heterocycles. The molecular weight excluding hydrogens is 336 g/mol. The Morgan fingerprint density at radius 3 is 2.52 bits per heavy atom. The summed E-state index contributed by atoms with van der Waals surface area (Å²) in [5, 5.41) is 10.7. The van der Waals surface area contributed by atoms with Crippen LogP contribution in [0.2, 0.25) is 0 Å². The molecule has 25 heavy (non-hydrogen) atoms. The highest BCUT2D eigenvalue weighted by atomic mass is 32.1. The first-order chi connectivity index (χ1) is 12.1. The Morgan fingerprint density at radius 1 is 1.00 bits per heavy atom. The van der Waals surface area contributed by atoms with Gasteiger partial charge in [-0.3, -0.25) is 9.59 Å². The summed E-state index contributed by atoms with van der Waals surface area (Å²) < 4.78 is 0. The van der Waals surface area contributed by atoms with Gasteiger partial charge in [-0.1, -0.05) is 53.8 Å². The third-order valence-corrected chi connectivity index (χ3v) is 4.83. The van der Waals surface area contributed by atoms with Crippen molar-refractivity contribution in [3.63, 3.8) is 0 Å². The van der Waals surface area contributed by atoms with E-state index in [-0.39, 0.29) is 5.56 Å². The fraction of sp³-hybridized carbons (Fsp3) is 0. The molecule has 1 amide bonds. The molecule has 122 valence electrons. The van der Waals surface area contributed by atoms with Gasteiger partial charge in [0.25, 0.3) is 11.5 Å². The van der Waals surface area contributed by atoms with Crippen LogP contribution in [0, 0.1) is 0 Å². The molecule has 0 spiro atoms. The molecule has 0 atom stereocenters. The number of carbonyl (C=O) groups is 1. The molecule has 0 aliphatic heterocycles. The molecule has 2 aromatic carbocycles. The topological polar surface area (TPSA) is 102 Å². The number of benzene rings is 2. The number of para-hydroxylation sites is 1. The van der Waals surface area contributed by atoms with Crippen LogP contribution in [0.25, 0.3) is 32.0 Å². The molecule has 0 aliphatic carbocycles. The van der Waals surface area contributed by atoms with Gasteiger partial charge in [-0.25, -0.2) is 0 Å². The zero-order valence-electron chi connectivity index (χ0n) is 12.9. The van der Waals surface area contributed by atoms with E-state index >= 15 is 0 Å². The van der Waals surface area contributed by atoms with Crippen LogP contribution in [0.4, 0.5) is 0 Å². The molecule has 2 heterocycles. The second-order valence-corrected chi connectivity index (χ2v) is 6.40. The number of rotatable bonds is 3. The SMILES string of the molecule is NC(=O)c1cc2cccc(-c3nnc(-c4ccccc4)s3)c2[nH]c1=O. The Labute approximate surface area is 146 Å². The fourth-order valence-corrected chi connectivity index (χ4v) is 3.50. The van der Waals surface area contributed by atoms with Crippen molar-refractivity contribution in [2.24, 2.45) is 5.73 Å². The summed E-state index contributed by atoms with van der Waals surface area (Å²) in [7, 11) is 0. The maximum Gasteiger partial charge on any atom is 0.261 e. The van der Waals surface area contributed by atoms with Crippen molar-refractivity contribution >= 4 is 28.1 Å². The molecule has 0 aliphatic rings. The average Bonchev–Trinajstić information content (AvgIpc) is 3.11. The van der Waals surface area contributed by atoms with Crippen molar-refractivity contribution in [1.29, 1.82) is 0 Å². The lowest BCUT2D eigenvalue weighted by Gasteiger charge is -2.04. The number of H-pyrrole nitrogens is 1. The molecule has 0 unspecified atom stereocenters. The zero-order chi connectivity index (χ0) is 17.4. The van der Waals surface area contributed by atoms with Crippen LogP contribution in [0.3, 0.4) is 0 Å². The number of pyridine rings is 1. The van der Waals surface area contributed by atoms with E-state index in [4.69, 9.17) is 5.73 Å². The number of carbonyl (C=O) groups excluding carboxylic acids is 1. The highest BCUT2D eigenvalue weighted by Crippen LogP contribution is 2.32. The fourth-order valence-electron chi connectivity index (χ4n) is 2.62. The Kier molecular flexibility index (Phi) is 3.62. The largest absolute Gasteiger partial charge is 0.365 e. The van der Waals surface area contributed by atoms with Crippen molar-refractivity contribution in [3.8, 4) is 21.1 Å². The van der Waals surface area contributed by atoms with Gasteiger partial charge in [0.05, 0.1) is 5.52 Å². The standard InChI is InChI=1S/C18H12N4O2S/c19-15(23)13-9-11-7-4-8-12(14(11)20-16(13)24)18-22-21-17(25-18)10-5-2-1-3-6-10/h1-9H,(H2,19,23)(H,20,24). The van der Waals surface area contributed by atoms with Crippen LogP contribution in [0.5, 0.6) is 0 Å². The summed E-state index contributed by atoms with van der Waals surface area (Å²) in [6.07, 6.45) is 0. The van der Waals surface area contributed by atoms with Gasteiger partial charge in [-0.2, -0.15) is 0 Å². The van der Waals surface area contributed by atoms with Gasteiger partial charge in [-0.15, -0.1) is 10.2 Å². The molecular formula is C18H12N4O2S. The van der Waals surface area contributed by atoms with E-state index in [9.17, 15) is 9.59 Å². The van der Waals surface area contributed by atoms with E-state index in [1.807, 2.05) is 42.5 Å². The molecule has 4 aromatic rings. The minimum Gasteiger partial charge on any atom is -0.365 e. The second kappa shape index (κ2) is 5.95. The predicted octanol–water partition coefficient (Wildman–Crippen LogP) is 2.81. The number of hydrogen-bond acceptors (Lipinski definition) is 5. The van der Waals surface area contributed by atoms with Crippen LogP contribution in [0.15, 0.2) is 59.4 Å². The molecule has 0 bridgehead atoms. The number of fused-ring (bicyclic) bond motifs is 1. The predicted molar refractivity (Wildman–Crippen MR) is 97.4 cm³/mol. The monoisotopic (exact) mass is 348 g/mol. The lowest BCUT2D eigenvalue weighted by molar-refractivity contribution is 0.0999. The van der Waals surface area contributed by atoms with E-state index in [2.05, 4.69) is 15.2 Å². The maximum absolute atomic E-state index is 12.1. The van der Waals surface area contributed by atoms with Crippen molar-refractivity contribution in [2.45, 2.75) is 0 Å². The number of nitrogens with zero attached hydrogens (tertiary/aromatic N) is 2. The number of nitrogens with one attached hydrogen (secondary N) is 1. The van der Waals surface area contributed by atoms with Crippen molar-refractivity contribution in [3.05, 3.63) is 70.5 Å². The van der Waals surface area contributed by atoms with E-state index in [0.29, 0.717) is 15.9 Å². The van der Waals surface area contributed by atoms with Crippen molar-refractivity contribution in [1.82, 2.24) is 15.2 Å². The Morgan fingerprint density at radius 2 is 1.76 bits per heavy atom. The first-order valence-corrected chi connectivity index (χ1v) is 8.30. The van der Waals surface area contributed by atoms with Crippen LogP contribution in [-0.4, -0.2) is 21.1 Å². The number of hydrogen-bond donors (Lipinski definition) is 2. The van der Waals surface area contributed by atoms with Gasteiger partial charge in [0.15, 0.2) is 0 Å². The van der Waals surface area contributed by atoms with E-state index in [0.717, 1.165) is 16.1 Å². The molecule has 6 nitrogen and oxygen atoms in total. The normalized spacial score (nSPS) is 10.9. The molecule has 0 saturated carbocycles. The first kappa shape index (κ1) is 15.2. The Bertz CT molecular complexity index is 1150. The van der Waals surface area contributed by atoms with E-state index < -0.39 is 11.5 Å². The minimum absolute atomic E-state index is 0.0631. The van der Waals surface area contributed by atoms with Crippen LogP contribution < -0.4 is 11.3 Å². The number of amides is 1. The lowest BCUT2D eigenvalue weighted by Crippen LogP contribution is -2.23. The van der Waals surface area contributed by atoms with Crippen LogP contribution in [0.1, 0.15) is 10.4 Å². The second-order valence-electron chi connectivity index (χ2n) is 5.42. The highest BCUT2D eigenvalue weighted by molar-refractivity contribution is 7.18. The summed E-state index contributed by atoms with van der Waals surface area (Å²) in [5.41, 5.74) is 7.01. The summed E-state index contributed by atoms with van der Waals surface area (Å²) >= 11 is 1.43. The first-order valence-electron chi connectivity index (χ1n) is 7.48. The Balaban J connectivity index is 1.88. The van der Waals surface area contributed by atoms with Crippen LogP contribution in [-0.2, 0) is 0 Å². The quantitative estimate of drug-likeness (QED) is 0.594. The third-order valence-electron chi connectivity index (χ3n) is 3.82. The number of nitrogens with two attached hydrogens (primary N) is 1. The van der Waals surface area contributed by atoms with E-state index in [1.165, 1.54) is 17.4 Å². The number of aromatic nitrogens is 3. The molecule has 0 radical (unpaired) electrons. The minimum atomic E-state index is -0.754. The van der Waals surface area contributed by atoms with Crippen molar-refractivity contribution < 1.29 is 4.79 Å². The van der Waals surface area contributed by atoms with Gasteiger partial charge in [0.1, 0.15) is 15.6 Å². The van der Waals surface area contributed by atoms with Gasteiger partial charge in [-0.05, 0) is 17.5 Å². The number of primary amides is 1. The Hall–Kier alpha value is -3.32. The van der Waals surface area contributed by atoms with Gasteiger partial charge in [0.2, 0.25) is 0 Å². The summed E-state index contributed by atoms with van der Waals surface area (Å²) in [4.78, 5) is 26.2. The average molecular weight is 348 g/mol. The number of aromatic amines is 1. The highest BCUT2D eigenvalue weighted by Gasteiger charge is 2.14. The third kappa shape index (κ3) is 2.70. The van der Waals surface area contributed by atoms with Crippen molar-refractivity contribution in [2.75, 3.05) is 0 Å². The smallest absolute Gasteiger partial charge is 0.261 e. The summed E-state index contributed by atoms with van der Waals surface area (Å²) in [6, 6.07) is 16.8. The lowest BCUT2D eigenvalue weighted by atomic mass is 10.1. The summed E-state index contributed by atoms with van der Waals surface area (Å²) in [6.45, 7) is 0. The van der Waals surface area contributed by atoms with Gasteiger partial charge >= 0.3 is 0 Å². The van der Waals surface area contributed by atoms with E-state index in [1.54, 1.807) is 6.07 Å². The maximum atomic E-state index is 12.1. The molecule has 3 N–H and O–H groups in total. The zero-order valence-corrected chi connectivity index (χ0v) is 13.7. The molecule has 4 rings (SSSR count). The molecule has 2 aromatic heterocycles. The summed E-state index contributed by atoms with van der Waals surface area (Å²) in [5.74, 6) is -0.754. The molecule has 7 heteroatoms.